The van der Waals surface area contributed by atoms with Crippen molar-refractivity contribution in [3.05, 3.63) is 36.4 Å². The number of carbonyl (C=O) groups excluding carboxylic acids is 1. The second-order valence-electron chi connectivity index (χ2n) is 5.35. The average Bonchev–Trinajstić information content (AvgIpc) is 2.59. The van der Waals surface area contributed by atoms with E-state index in [1.807, 2.05) is 0 Å². The number of anilines is 1. The minimum atomic E-state index is -4.29. The quantitative estimate of drug-likeness (QED) is 0.294. The van der Waals surface area contributed by atoms with Crippen LogP contribution in [0.15, 0.2) is 36.4 Å². The van der Waals surface area contributed by atoms with Crippen LogP contribution < -0.4 is 5.32 Å². The van der Waals surface area contributed by atoms with Gasteiger partial charge in [-0.1, -0.05) is 11.6 Å². The van der Waals surface area contributed by atoms with Gasteiger partial charge in [0.25, 0.3) is 6.43 Å². The number of pyridine rings is 1. The fourth-order valence-electron chi connectivity index (χ4n) is 1.92. The Kier molecular flexibility index (Phi) is 10.2. The van der Waals surface area contributed by atoms with Gasteiger partial charge >= 0.3 is 6.18 Å². The molecule has 0 aromatic carbocycles. The molecule has 0 unspecified atom stereocenters. The summed E-state index contributed by atoms with van der Waals surface area (Å²) in [6.07, 6.45) is -4.38. The SMILES string of the molecule is N=C(Cl)/C(=C\Nc1cccnc1)N(CC(F)F)C(=O)CCSCCC(F)(F)F. The second-order valence-corrected chi connectivity index (χ2v) is 6.96. The molecule has 1 heterocycles. The topological polar surface area (TPSA) is 69.1 Å². The van der Waals surface area contributed by atoms with Crippen LogP contribution >= 0.6 is 23.4 Å². The third-order valence-electron chi connectivity index (χ3n) is 3.16. The van der Waals surface area contributed by atoms with Crippen LogP contribution in [0.5, 0.6) is 0 Å². The summed E-state index contributed by atoms with van der Waals surface area (Å²) in [6.45, 7) is -0.998. The lowest BCUT2D eigenvalue weighted by Gasteiger charge is -2.24. The van der Waals surface area contributed by atoms with Crippen LogP contribution in [0.3, 0.4) is 0 Å². The van der Waals surface area contributed by atoms with Crippen LogP contribution in [0.25, 0.3) is 0 Å². The van der Waals surface area contributed by atoms with Gasteiger partial charge in [-0.25, -0.2) is 8.78 Å². The third kappa shape index (κ3) is 9.88. The van der Waals surface area contributed by atoms with Gasteiger partial charge in [-0.2, -0.15) is 24.9 Å². The number of nitrogens with one attached hydrogen (secondary N) is 2. The number of hydrogen-bond acceptors (Lipinski definition) is 5. The minimum absolute atomic E-state index is 0.0214. The van der Waals surface area contributed by atoms with E-state index in [-0.39, 0.29) is 23.6 Å². The highest BCUT2D eigenvalue weighted by Gasteiger charge is 2.27. The molecule has 1 aromatic rings. The summed E-state index contributed by atoms with van der Waals surface area (Å²) in [6, 6.07) is 3.23. The summed E-state index contributed by atoms with van der Waals surface area (Å²) < 4.78 is 62.1. The number of alkyl halides is 5. The molecule has 156 valence electrons. The first kappa shape index (κ1) is 24.2. The fourth-order valence-corrected chi connectivity index (χ4v) is 2.97. The number of nitrogens with zero attached hydrogens (tertiary/aromatic N) is 2. The van der Waals surface area contributed by atoms with Crippen LogP contribution in [0.1, 0.15) is 12.8 Å². The molecular formula is C16H18ClF5N4OS. The Morgan fingerprint density at radius 1 is 1.39 bits per heavy atom. The van der Waals surface area contributed by atoms with Gasteiger partial charge in [0, 0.05) is 30.3 Å². The van der Waals surface area contributed by atoms with Crippen molar-refractivity contribution in [1.29, 1.82) is 5.41 Å². The first-order valence-electron chi connectivity index (χ1n) is 7.94. The minimum Gasteiger partial charge on any atom is -0.358 e. The monoisotopic (exact) mass is 444 g/mol. The predicted octanol–water partition coefficient (Wildman–Crippen LogP) is 4.72. The zero-order valence-electron chi connectivity index (χ0n) is 14.5. The van der Waals surface area contributed by atoms with E-state index >= 15 is 0 Å². The van der Waals surface area contributed by atoms with Gasteiger partial charge in [0.2, 0.25) is 5.91 Å². The zero-order chi connectivity index (χ0) is 21.2. The van der Waals surface area contributed by atoms with Gasteiger partial charge in [0.15, 0.2) is 0 Å². The maximum atomic E-state index is 12.9. The van der Waals surface area contributed by atoms with E-state index in [1.165, 1.54) is 12.4 Å². The predicted molar refractivity (Wildman–Crippen MR) is 99.9 cm³/mol. The Balaban J connectivity index is 2.78. The molecular weight excluding hydrogens is 427 g/mol. The third-order valence-corrected chi connectivity index (χ3v) is 4.34. The van der Waals surface area contributed by atoms with E-state index in [0.29, 0.717) is 10.6 Å². The smallest absolute Gasteiger partial charge is 0.358 e. The van der Waals surface area contributed by atoms with E-state index in [2.05, 4.69) is 10.3 Å². The summed E-state index contributed by atoms with van der Waals surface area (Å²) in [4.78, 5) is 16.8. The van der Waals surface area contributed by atoms with E-state index in [0.717, 1.165) is 18.0 Å². The van der Waals surface area contributed by atoms with Crippen molar-refractivity contribution in [2.75, 3.05) is 23.4 Å². The molecule has 5 nitrogen and oxygen atoms in total. The number of aromatic nitrogens is 1. The second kappa shape index (κ2) is 11.8. The summed E-state index contributed by atoms with van der Waals surface area (Å²) in [5.74, 6) is -0.986. The van der Waals surface area contributed by atoms with E-state index in [9.17, 15) is 26.7 Å². The summed E-state index contributed by atoms with van der Waals surface area (Å²) in [5, 5.41) is 9.64. The molecule has 2 N–H and O–H groups in total. The molecule has 12 heteroatoms. The molecule has 0 aliphatic heterocycles. The summed E-state index contributed by atoms with van der Waals surface area (Å²) in [5.41, 5.74) is 0.196. The van der Waals surface area contributed by atoms with Gasteiger partial charge < -0.3 is 10.2 Å². The van der Waals surface area contributed by atoms with E-state index < -0.39 is 36.6 Å². The van der Waals surface area contributed by atoms with Crippen molar-refractivity contribution < 1.29 is 26.7 Å². The molecule has 1 rings (SSSR count). The van der Waals surface area contributed by atoms with Crippen LogP contribution in [-0.2, 0) is 4.79 Å². The van der Waals surface area contributed by atoms with E-state index in [1.54, 1.807) is 12.1 Å². The molecule has 0 saturated heterocycles. The lowest BCUT2D eigenvalue weighted by molar-refractivity contribution is -0.130. The Morgan fingerprint density at radius 3 is 2.64 bits per heavy atom. The highest BCUT2D eigenvalue weighted by atomic mass is 35.5. The van der Waals surface area contributed by atoms with Crippen LogP contribution in [0.4, 0.5) is 27.6 Å². The van der Waals surface area contributed by atoms with Gasteiger partial charge in [-0.05, 0) is 12.1 Å². The van der Waals surface area contributed by atoms with Gasteiger partial charge in [0.05, 0.1) is 30.5 Å². The zero-order valence-corrected chi connectivity index (χ0v) is 16.1. The number of thioether (sulfide) groups is 1. The standard InChI is InChI=1S/C16H18ClF5N4OS/c17-15(23)12(9-25-11-2-1-5-24-8-11)26(10-13(18)19)14(27)3-6-28-7-4-16(20,21)22/h1-2,5,8-9,13,23,25H,3-4,6-7,10H2/b12-9+,23-15?. The molecule has 0 aliphatic carbocycles. The molecule has 0 atom stereocenters. The van der Waals surface area contributed by atoms with E-state index in [4.69, 9.17) is 17.0 Å². The Morgan fingerprint density at radius 2 is 2.11 bits per heavy atom. The molecule has 0 fully saturated rings. The van der Waals surface area contributed by atoms with Crippen molar-refractivity contribution in [2.45, 2.75) is 25.4 Å². The molecule has 0 aliphatic rings. The number of rotatable bonds is 11. The highest BCUT2D eigenvalue weighted by Crippen LogP contribution is 2.22. The van der Waals surface area contributed by atoms with Crippen molar-refractivity contribution in [3.63, 3.8) is 0 Å². The summed E-state index contributed by atoms with van der Waals surface area (Å²) >= 11 is 6.55. The first-order valence-corrected chi connectivity index (χ1v) is 9.47. The van der Waals surface area contributed by atoms with Gasteiger partial charge in [0.1, 0.15) is 5.17 Å². The van der Waals surface area contributed by atoms with Crippen LogP contribution in [0.2, 0.25) is 0 Å². The number of allylic oxidation sites excluding steroid dienone is 1. The molecule has 1 amide bonds. The number of halogens is 6. The maximum absolute atomic E-state index is 12.9. The Labute approximate surface area is 167 Å². The maximum Gasteiger partial charge on any atom is 0.389 e. The molecule has 0 bridgehead atoms. The summed E-state index contributed by atoms with van der Waals surface area (Å²) in [7, 11) is 0. The molecule has 0 saturated carbocycles. The molecule has 0 spiro atoms. The Bertz CT molecular complexity index is 673. The first-order chi connectivity index (χ1) is 13.1. The van der Waals surface area contributed by atoms with Crippen LogP contribution in [-0.4, -0.2) is 51.6 Å². The normalized spacial score (nSPS) is 12.2. The molecule has 0 radical (unpaired) electrons. The number of carbonyl (C=O) groups is 1. The number of hydrogen-bond donors (Lipinski definition) is 2. The Hall–Kier alpha value is -1.88. The average molecular weight is 445 g/mol. The van der Waals surface area contributed by atoms with Crippen LogP contribution in [0, 0.1) is 5.41 Å². The largest absolute Gasteiger partial charge is 0.389 e. The van der Waals surface area contributed by atoms with Crippen molar-refractivity contribution in [3.8, 4) is 0 Å². The lowest BCUT2D eigenvalue weighted by Crippen LogP contribution is -2.37. The van der Waals surface area contributed by atoms with Gasteiger partial charge in [-0.15, -0.1) is 0 Å². The van der Waals surface area contributed by atoms with Crippen molar-refractivity contribution in [2.24, 2.45) is 0 Å². The lowest BCUT2D eigenvalue weighted by atomic mass is 10.3. The number of amides is 1. The van der Waals surface area contributed by atoms with Crippen molar-refractivity contribution >= 4 is 40.1 Å². The molecule has 1 aromatic heterocycles. The van der Waals surface area contributed by atoms with Crippen molar-refractivity contribution in [1.82, 2.24) is 9.88 Å². The fraction of sp³-hybridized carbons (Fsp3) is 0.438. The highest BCUT2D eigenvalue weighted by molar-refractivity contribution is 7.99. The van der Waals surface area contributed by atoms with Gasteiger partial charge in [-0.3, -0.25) is 15.2 Å². The molecule has 28 heavy (non-hydrogen) atoms.